The van der Waals surface area contributed by atoms with Crippen LogP contribution in [0, 0.1) is 0 Å². The fourth-order valence-electron chi connectivity index (χ4n) is 0.548. The molecule has 2 nitrogen and oxygen atoms in total. The number of nitrogens with zero attached hydrogens (tertiary/aromatic N) is 2. The molecule has 0 spiro atoms. The molecule has 0 rings (SSSR count). The van der Waals surface area contributed by atoms with Crippen LogP contribution in [0.1, 0.15) is 34.6 Å². The van der Waals surface area contributed by atoms with Gasteiger partial charge in [-0.15, -0.1) is 0 Å². The van der Waals surface area contributed by atoms with Gasteiger partial charge in [0.2, 0.25) is 0 Å². The second-order valence-electron chi connectivity index (χ2n) is 3.50. The average Bonchev–Trinajstić information content (AvgIpc) is 1.88. The molecule has 0 aliphatic rings. The molecule has 0 saturated heterocycles. The molecule has 0 atom stereocenters. The maximum absolute atomic E-state index is 4.67. The van der Waals surface area contributed by atoms with E-state index >= 15 is 0 Å². The zero-order chi connectivity index (χ0) is 8.91. The quantitative estimate of drug-likeness (QED) is 0.686. The van der Waals surface area contributed by atoms with Gasteiger partial charge >= 0.3 is 79.7 Å². The van der Waals surface area contributed by atoms with Gasteiger partial charge in [-0.2, -0.15) is 0 Å². The summed E-state index contributed by atoms with van der Waals surface area (Å²) >= 11 is -0.416. The van der Waals surface area contributed by atoms with Crippen LogP contribution in [0.25, 0.3) is 0 Å². The molecule has 0 heterocycles. The van der Waals surface area contributed by atoms with E-state index in [9.17, 15) is 0 Å². The zero-order valence-electron chi connectivity index (χ0n) is 8.26. The van der Waals surface area contributed by atoms with E-state index in [-0.39, 0.29) is 5.54 Å². The Labute approximate surface area is 79.9 Å². The molecule has 0 amide bonds. The van der Waals surface area contributed by atoms with Crippen molar-refractivity contribution in [3.05, 3.63) is 0 Å². The SMILES string of the molecule is CC[N](CC)[Nb+2]=[N]C(C)(C)C. The molecule has 0 aromatic carbocycles. The van der Waals surface area contributed by atoms with Crippen molar-refractivity contribution in [3.8, 4) is 0 Å². The molecule has 0 aromatic heterocycles. The zero-order valence-corrected chi connectivity index (χ0v) is 10.5. The van der Waals surface area contributed by atoms with E-state index in [0.717, 1.165) is 13.1 Å². The van der Waals surface area contributed by atoms with Crippen LogP contribution in [-0.2, 0) is 19.8 Å². The van der Waals surface area contributed by atoms with E-state index in [4.69, 9.17) is 0 Å². The molecular formula is C8H19N2Nb+2. The number of rotatable bonds is 3. The van der Waals surface area contributed by atoms with Crippen LogP contribution in [0.15, 0.2) is 3.34 Å². The maximum atomic E-state index is 4.67. The molecule has 0 aromatic rings. The van der Waals surface area contributed by atoms with Crippen molar-refractivity contribution in [2.24, 2.45) is 3.34 Å². The van der Waals surface area contributed by atoms with Crippen LogP contribution >= 0.6 is 0 Å². The minimum atomic E-state index is -0.416. The molecule has 0 unspecified atom stereocenters. The Morgan fingerprint density at radius 3 is 1.91 bits per heavy atom. The molecule has 11 heavy (non-hydrogen) atoms. The fraction of sp³-hybridized carbons (Fsp3) is 1.00. The summed E-state index contributed by atoms with van der Waals surface area (Å²) in [4.78, 5) is 0. The van der Waals surface area contributed by atoms with Gasteiger partial charge < -0.3 is 0 Å². The first kappa shape index (κ1) is 11.5. The number of hydrogen-bond donors (Lipinski definition) is 0. The van der Waals surface area contributed by atoms with Crippen molar-refractivity contribution in [3.63, 3.8) is 0 Å². The van der Waals surface area contributed by atoms with E-state index in [0.29, 0.717) is 0 Å². The summed E-state index contributed by atoms with van der Waals surface area (Å²) in [6.07, 6.45) is 0. The van der Waals surface area contributed by atoms with Crippen LogP contribution in [-0.4, -0.2) is 21.9 Å². The van der Waals surface area contributed by atoms with Gasteiger partial charge in [-0.3, -0.25) is 0 Å². The van der Waals surface area contributed by atoms with Crippen molar-refractivity contribution >= 4 is 0 Å². The minimum absolute atomic E-state index is 0.180. The Kier molecular flexibility index (Phi) is 5.44. The average molecular weight is 236 g/mol. The van der Waals surface area contributed by atoms with Crippen molar-refractivity contribution < 1.29 is 19.8 Å². The molecule has 0 aliphatic heterocycles. The normalized spacial score (nSPS) is 12.5. The van der Waals surface area contributed by atoms with Crippen LogP contribution in [0.3, 0.4) is 0 Å². The summed E-state index contributed by atoms with van der Waals surface area (Å²) in [6, 6.07) is 0. The third kappa shape index (κ3) is 6.88. The second-order valence-corrected chi connectivity index (χ2v) is 5.82. The van der Waals surface area contributed by atoms with Gasteiger partial charge in [-0.1, -0.05) is 0 Å². The first-order chi connectivity index (χ1) is 4.99. The Hall–Kier alpha value is 0.500. The molecule has 0 aliphatic carbocycles. The summed E-state index contributed by atoms with van der Waals surface area (Å²) in [5, 5.41) is 0. The Morgan fingerprint density at radius 1 is 1.18 bits per heavy atom. The summed E-state index contributed by atoms with van der Waals surface area (Å²) in [5.74, 6) is 0. The van der Waals surface area contributed by atoms with Crippen LogP contribution in [0.5, 0.6) is 0 Å². The van der Waals surface area contributed by atoms with Crippen molar-refractivity contribution in [1.29, 1.82) is 0 Å². The predicted octanol–water partition coefficient (Wildman–Crippen LogP) is 2.31. The molecule has 64 valence electrons. The van der Waals surface area contributed by atoms with Crippen molar-refractivity contribution in [1.82, 2.24) is 3.30 Å². The van der Waals surface area contributed by atoms with Gasteiger partial charge in [-0.05, 0) is 0 Å². The second kappa shape index (κ2) is 5.20. The third-order valence-corrected chi connectivity index (χ3v) is 4.91. The van der Waals surface area contributed by atoms with Gasteiger partial charge in [0.25, 0.3) is 0 Å². The van der Waals surface area contributed by atoms with E-state index < -0.39 is 19.8 Å². The van der Waals surface area contributed by atoms with Gasteiger partial charge in [0, 0.05) is 0 Å². The summed E-state index contributed by atoms with van der Waals surface area (Å²) in [7, 11) is 0. The third-order valence-electron chi connectivity index (χ3n) is 1.20. The molecule has 0 bridgehead atoms. The Morgan fingerprint density at radius 2 is 1.64 bits per heavy atom. The Bertz CT molecular complexity index is 123. The van der Waals surface area contributed by atoms with Crippen LogP contribution in [0.2, 0.25) is 0 Å². The van der Waals surface area contributed by atoms with Gasteiger partial charge in [-0.25, -0.2) is 0 Å². The van der Waals surface area contributed by atoms with Gasteiger partial charge in [0.1, 0.15) is 0 Å². The first-order valence-corrected chi connectivity index (χ1v) is 6.14. The monoisotopic (exact) mass is 236 g/mol. The van der Waals surface area contributed by atoms with Crippen LogP contribution < -0.4 is 0 Å². The number of hydrogen-bond acceptors (Lipinski definition) is 1. The fourth-order valence-corrected chi connectivity index (χ4v) is 2.14. The Balaban J connectivity index is 3.89. The molecule has 3 heteroatoms. The summed E-state index contributed by atoms with van der Waals surface area (Å²) in [5.41, 5.74) is 0.180. The summed E-state index contributed by atoms with van der Waals surface area (Å²) in [6.45, 7) is 13.3. The van der Waals surface area contributed by atoms with E-state index in [2.05, 4.69) is 41.3 Å². The van der Waals surface area contributed by atoms with Gasteiger partial charge in [0.15, 0.2) is 0 Å². The van der Waals surface area contributed by atoms with Crippen molar-refractivity contribution in [2.75, 3.05) is 13.1 Å². The molecule has 0 N–H and O–H groups in total. The predicted molar refractivity (Wildman–Crippen MR) is 45.1 cm³/mol. The first-order valence-electron chi connectivity index (χ1n) is 4.17. The molecule has 0 fully saturated rings. The van der Waals surface area contributed by atoms with Gasteiger partial charge in [0.05, 0.1) is 0 Å². The molecule has 0 radical (unpaired) electrons. The molecule has 0 saturated carbocycles. The van der Waals surface area contributed by atoms with E-state index in [1.165, 1.54) is 0 Å². The van der Waals surface area contributed by atoms with Crippen LogP contribution in [0.4, 0.5) is 0 Å². The molecular weight excluding hydrogens is 217 g/mol. The topological polar surface area (TPSA) is 15.6 Å². The summed E-state index contributed by atoms with van der Waals surface area (Å²) < 4.78 is 7.14. The van der Waals surface area contributed by atoms with E-state index in [1.807, 2.05) is 0 Å². The van der Waals surface area contributed by atoms with E-state index in [1.54, 1.807) is 0 Å². The standard InChI is InChI=1S/C4H9N.C4H10N.Nb/c1-4(2,3)5;1-3-5-4-2;/h1-3H3;3-4H2,1-2H3;/q;-1;+3. The van der Waals surface area contributed by atoms with Crippen molar-refractivity contribution in [2.45, 2.75) is 40.2 Å².